The van der Waals surface area contributed by atoms with Gasteiger partial charge in [-0.25, -0.2) is 9.97 Å². The van der Waals surface area contributed by atoms with E-state index in [1.165, 1.54) is 0 Å². The van der Waals surface area contributed by atoms with Crippen LogP contribution >= 0.6 is 11.3 Å². The number of aromatic amines is 1. The number of thiazole rings is 1. The van der Waals surface area contributed by atoms with Crippen LogP contribution in [0.2, 0.25) is 0 Å². The number of pyridine rings is 1. The average molecular weight is 296 g/mol. The van der Waals surface area contributed by atoms with Gasteiger partial charge in [-0.05, 0) is 19.9 Å². The van der Waals surface area contributed by atoms with Gasteiger partial charge in [0.1, 0.15) is 17.5 Å². The number of nitrogen functional groups attached to an aromatic ring is 1. The highest BCUT2D eigenvalue weighted by Gasteiger charge is 2.16. The van der Waals surface area contributed by atoms with Crippen LogP contribution < -0.4 is 5.73 Å². The smallest absolute Gasteiger partial charge is 0.142 e. The minimum atomic E-state index is 0.219. The van der Waals surface area contributed by atoms with Gasteiger partial charge in [0.15, 0.2) is 0 Å². The number of hydrogen-bond acceptors (Lipinski definition) is 6. The van der Waals surface area contributed by atoms with Crippen molar-refractivity contribution in [2.24, 2.45) is 0 Å². The highest BCUT2D eigenvalue weighted by molar-refractivity contribution is 7.15. The van der Waals surface area contributed by atoms with Gasteiger partial charge in [-0.3, -0.25) is 5.10 Å². The Bertz CT molecular complexity index is 841. The maximum Gasteiger partial charge on any atom is 0.142 e. The molecule has 3 rings (SSSR count). The van der Waals surface area contributed by atoms with Crippen LogP contribution in [-0.4, -0.2) is 20.2 Å². The summed E-state index contributed by atoms with van der Waals surface area (Å²) in [6, 6.07) is 3.97. The van der Waals surface area contributed by atoms with Crippen molar-refractivity contribution in [2.75, 3.05) is 5.73 Å². The molecule has 0 unspecified atom stereocenters. The minimum absolute atomic E-state index is 0.219. The zero-order valence-corrected chi connectivity index (χ0v) is 12.3. The van der Waals surface area contributed by atoms with Gasteiger partial charge in [-0.1, -0.05) is 0 Å². The molecule has 0 radical (unpaired) electrons. The predicted octanol–water partition coefficient (Wildman–Crippen LogP) is 2.67. The monoisotopic (exact) mass is 296 g/mol. The Kier molecular flexibility index (Phi) is 3.16. The first-order valence-electron chi connectivity index (χ1n) is 6.24. The van der Waals surface area contributed by atoms with Crippen molar-refractivity contribution in [2.45, 2.75) is 13.8 Å². The van der Waals surface area contributed by atoms with Crippen LogP contribution in [0.3, 0.4) is 0 Å². The second-order valence-corrected chi connectivity index (χ2v) is 5.76. The zero-order valence-electron chi connectivity index (χ0n) is 11.5. The molecule has 0 aliphatic carbocycles. The predicted molar refractivity (Wildman–Crippen MR) is 81.5 cm³/mol. The van der Waals surface area contributed by atoms with Crippen molar-refractivity contribution in [3.8, 4) is 27.8 Å². The second kappa shape index (κ2) is 5.00. The molecule has 21 heavy (non-hydrogen) atoms. The molecule has 0 saturated carbocycles. The molecule has 0 saturated heterocycles. The maximum absolute atomic E-state index is 9.31. The van der Waals surface area contributed by atoms with Crippen molar-refractivity contribution in [3.63, 3.8) is 0 Å². The van der Waals surface area contributed by atoms with E-state index in [2.05, 4.69) is 26.2 Å². The number of rotatable bonds is 2. The number of nitriles is 1. The topological polar surface area (TPSA) is 104 Å². The van der Waals surface area contributed by atoms with Crippen LogP contribution in [0.1, 0.15) is 16.3 Å². The first-order valence-corrected chi connectivity index (χ1v) is 7.06. The summed E-state index contributed by atoms with van der Waals surface area (Å²) in [6.07, 6.45) is 3.38. The van der Waals surface area contributed by atoms with Crippen molar-refractivity contribution in [3.05, 3.63) is 34.7 Å². The Balaban J connectivity index is 2.26. The Morgan fingerprint density at radius 1 is 1.33 bits per heavy atom. The van der Waals surface area contributed by atoms with Crippen LogP contribution in [0.15, 0.2) is 18.5 Å². The lowest BCUT2D eigenvalue weighted by Crippen LogP contribution is -1.99. The van der Waals surface area contributed by atoms with Gasteiger partial charge >= 0.3 is 0 Å². The Hall–Kier alpha value is -2.72. The summed E-state index contributed by atoms with van der Waals surface area (Å²) in [5.41, 5.74) is 9.48. The largest absolute Gasteiger partial charge is 0.383 e. The number of nitrogens with two attached hydrogens (primary N) is 1. The second-order valence-electron chi connectivity index (χ2n) is 4.56. The molecule has 7 heteroatoms. The highest BCUT2D eigenvalue weighted by atomic mass is 32.1. The van der Waals surface area contributed by atoms with Gasteiger partial charge in [0.2, 0.25) is 0 Å². The fraction of sp³-hybridized carbons (Fsp3) is 0.143. The highest BCUT2D eigenvalue weighted by Crippen LogP contribution is 2.34. The number of hydrogen-bond donors (Lipinski definition) is 2. The summed E-state index contributed by atoms with van der Waals surface area (Å²) in [5.74, 6) is 0.219. The lowest BCUT2D eigenvalue weighted by Gasteiger charge is -2.07. The van der Waals surface area contributed by atoms with Crippen molar-refractivity contribution >= 4 is 17.2 Å². The molecule has 0 aromatic carbocycles. The van der Waals surface area contributed by atoms with Crippen LogP contribution in [0.4, 0.5) is 5.82 Å². The summed E-state index contributed by atoms with van der Waals surface area (Å²) in [7, 11) is 0. The van der Waals surface area contributed by atoms with Crippen LogP contribution in [-0.2, 0) is 0 Å². The van der Waals surface area contributed by atoms with Crippen molar-refractivity contribution in [1.29, 1.82) is 5.26 Å². The Morgan fingerprint density at radius 3 is 2.71 bits per heavy atom. The van der Waals surface area contributed by atoms with Gasteiger partial charge < -0.3 is 5.73 Å². The number of nitrogens with one attached hydrogen (secondary N) is 1. The van der Waals surface area contributed by atoms with E-state index in [1.807, 2.05) is 19.9 Å². The molecule has 0 fully saturated rings. The third-order valence-corrected chi connectivity index (χ3v) is 4.20. The lowest BCUT2D eigenvalue weighted by atomic mass is 10.0. The molecule has 0 spiro atoms. The van der Waals surface area contributed by atoms with E-state index in [-0.39, 0.29) is 5.82 Å². The van der Waals surface area contributed by atoms with Crippen LogP contribution in [0.25, 0.3) is 21.7 Å². The van der Waals surface area contributed by atoms with E-state index in [0.29, 0.717) is 5.56 Å². The van der Waals surface area contributed by atoms with Crippen molar-refractivity contribution < 1.29 is 0 Å². The summed E-state index contributed by atoms with van der Waals surface area (Å²) >= 11 is 1.56. The van der Waals surface area contributed by atoms with Crippen LogP contribution in [0, 0.1) is 25.2 Å². The minimum Gasteiger partial charge on any atom is -0.383 e. The molecule has 0 atom stereocenters. The molecule has 0 aliphatic heterocycles. The normalized spacial score (nSPS) is 10.5. The van der Waals surface area contributed by atoms with Gasteiger partial charge in [0.25, 0.3) is 0 Å². The standard InChI is InChI=1S/C14H12N6S/c1-7-13(21-8(2)19-7)12-3-10(9-5-17-18-6-9)11(4-15)14(16)20-12/h3,5-6H,1-2H3,(H2,16,20)(H,17,18). The maximum atomic E-state index is 9.31. The molecule has 104 valence electrons. The quantitative estimate of drug-likeness (QED) is 0.756. The molecule has 3 aromatic heterocycles. The number of nitrogens with zero attached hydrogens (tertiary/aromatic N) is 4. The van der Waals surface area contributed by atoms with Gasteiger partial charge in [0.05, 0.1) is 27.5 Å². The lowest BCUT2D eigenvalue weighted by molar-refractivity contribution is 1.09. The molecular weight excluding hydrogens is 284 g/mol. The fourth-order valence-corrected chi connectivity index (χ4v) is 3.07. The van der Waals surface area contributed by atoms with E-state index in [1.54, 1.807) is 23.7 Å². The average Bonchev–Trinajstić information content (AvgIpc) is 3.07. The zero-order chi connectivity index (χ0) is 15.0. The first kappa shape index (κ1) is 13.3. The van der Waals surface area contributed by atoms with E-state index in [0.717, 1.165) is 32.4 Å². The Morgan fingerprint density at radius 2 is 2.14 bits per heavy atom. The summed E-state index contributed by atoms with van der Waals surface area (Å²) in [5, 5.41) is 16.9. The van der Waals surface area contributed by atoms with E-state index >= 15 is 0 Å². The molecule has 0 aliphatic rings. The first-order chi connectivity index (χ1) is 10.1. The molecule has 0 amide bonds. The third kappa shape index (κ3) is 2.26. The summed E-state index contributed by atoms with van der Waals surface area (Å²) in [6.45, 7) is 3.89. The third-order valence-electron chi connectivity index (χ3n) is 3.10. The Labute approximate surface area is 125 Å². The van der Waals surface area contributed by atoms with E-state index in [9.17, 15) is 5.26 Å². The van der Waals surface area contributed by atoms with Crippen LogP contribution in [0.5, 0.6) is 0 Å². The number of aromatic nitrogens is 4. The molecule has 3 aromatic rings. The number of H-pyrrole nitrogens is 1. The number of anilines is 1. The molecule has 3 heterocycles. The van der Waals surface area contributed by atoms with E-state index < -0.39 is 0 Å². The van der Waals surface area contributed by atoms with Gasteiger partial charge in [-0.15, -0.1) is 11.3 Å². The number of aryl methyl sites for hydroxylation is 2. The molecular formula is C14H12N6S. The molecule has 0 bridgehead atoms. The molecule has 6 nitrogen and oxygen atoms in total. The van der Waals surface area contributed by atoms with Gasteiger partial charge in [0, 0.05) is 17.3 Å². The summed E-state index contributed by atoms with van der Waals surface area (Å²) in [4.78, 5) is 9.73. The fourth-order valence-electron chi connectivity index (χ4n) is 2.19. The van der Waals surface area contributed by atoms with E-state index in [4.69, 9.17) is 5.73 Å². The van der Waals surface area contributed by atoms with Gasteiger partial charge in [-0.2, -0.15) is 10.4 Å². The van der Waals surface area contributed by atoms with Crippen molar-refractivity contribution in [1.82, 2.24) is 20.2 Å². The molecule has 3 N–H and O–H groups in total. The SMILES string of the molecule is Cc1nc(C)c(-c2cc(-c3cn[nH]c3)c(C#N)c(N)n2)s1. The summed E-state index contributed by atoms with van der Waals surface area (Å²) < 4.78 is 0.